The van der Waals surface area contributed by atoms with Gasteiger partial charge in [-0.1, -0.05) is 12.1 Å². The molecule has 2 bridgehead atoms. The van der Waals surface area contributed by atoms with E-state index in [4.69, 9.17) is 0 Å². The lowest BCUT2D eigenvalue weighted by Crippen LogP contribution is -2.39. The number of halogens is 1. The minimum atomic E-state index is -0.245. The van der Waals surface area contributed by atoms with Gasteiger partial charge in [0.1, 0.15) is 5.82 Å². The first-order chi connectivity index (χ1) is 9.69. The number of hydrogen-bond acceptors (Lipinski definition) is 2. The zero-order valence-corrected chi connectivity index (χ0v) is 11.6. The Labute approximate surface area is 118 Å². The maximum Gasteiger partial charge on any atom is 0.220 e. The van der Waals surface area contributed by atoms with E-state index in [1.807, 2.05) is 0 Å². The van der Waals surface area contributed by atoms with Crippen molar-refractivity contribution in [3.63, 3.8) is 0 Å². The molecule has 2 aliphatic heterocycles. The lowest BCUT2D eigenvalue weighted by molar-refractivity contribution is -0.122. The molecule has 2 aliphatic rings. The van der Waals surface area contributed by atoms with Gasteiger partial charge in [-0.3, -0.25) is 4.79 Å². The molecule has 4 heteroatoms. The van der Waals surface area contributed by atoms with Crippen LogP contribution in [0.2, 0.25) is 0 Å². The highest BCUT2D eigenvalue weighted by Crippen LogP contribution is 2.32. The molecular formula is C16H21FN2O. The van der Waals surface area contributed by atoms with Crippen molar-refractivity contribution in [2.45, 2.75) is 50.7 Å². The molecule has 3 nitrogen and oxygen atoms in total. The number of rotatable bonds is 4. The van der Waals surface area contributed by atoms with Crippen LogP contribution in [0.1, 0.15) is 37.7 Å². The van der Waals surface area contributed by atoms with Crippen LogP contribution in [0.4, 0.5) is 4.39 Å². The van der Waals surface area contributed by atoms with Crippen molar-refractivity contribution < 1.29 is 9.18 Å². The Morgan fingerprint density at radius 1 is 1.20 bits per heavy atom. The second-order valence-corrected chi connectivity index (χ2v) is 6.08. The monoisotopic (exact) mass is 276 g/mol. The average Bonchev–Trinajstić information content (AvgIpc) is 2.77. The van der Waals surface area contributed by atoms with E-state index in [-0.39, 0.29) is 11.7 Å². The van der Waals surface area contributed by atoms with Gasteiger partial charge in [0.25, 0.3) is 0 Å². The minimum absolute atomic E-state index is 0.112. The fraction of sp³-hybridized carbons (Fsp3) is 0.562. The Balaban J connectivity index is 1.44. The van der Waals surface area contributed by atoms with Gasteiger partial charge in [0.2, 0.25) is 5.91 Å². The Hall–Kier alpha value is -1.42. The Morgan fingerprint density at radius 3 is 2.50 bits per heavy atom. The van der Waals surface area contributed by atoms with E-state index in [1.165, 1.54) is 25.0 Å². The third-order valence-corrected chi connectivity index (χ3v) is 4.45. The molecule has 2 unspecified atom stereocenters. The molecule has 0 aromatic heterocycles. The summed E-state index contributed by atoms with van der Waals surface area (Å²) in [6.45, 7) is 0.483. The van der Waals surface area contributed by atoms with Crippen molar-refractivity contribution in [3.05, 3.63) is 35.6 Å². The van der Waals surface area contributed by atoms with Crippen LogP contribution in [0.5, 0.6) is 0 Å². The second kappa shape index (κ2) is 5.92. The van der Waals surface area contributed by atoms with Crippen LogP contribution in [0.25, 0.3) is 0 Å². The fourth-order valence-electron chi connectivity index (χ4n) is 3.48. The maximum atomic E-state index is 12.8. The van der Waals surface area contributed by atoms with E-state index < -0.39 is 0 Å². The molecule has 0 radical (unpaired) electrons. The summed E-state index contributed by atoms with van der Waals surface area (Å²) >= 11 is 0. The zero-order chi connectivity index (χ0) is 13.9. The Morgan fingerprint density at radius 2 is 1.85 bits per heavy atom. The maximum absolute atomic E-state index is 12.8. The van der Waals surface area contributed by atoms with E-state index >= 15 is 0 Å². The van der Waals surface area contributed by atoms with Crippen molar-refractivity contribution in [3.8, 4) is 0 Å². The molecule has 2 N–H and O–H groups in total. The molecule has 2 heterocycles. The number of carbonyl (C=O) groups excluding carboxylic acids is 1. The van der Waals surface area contributed by atoms with Gasteiger partial charge in [-0.2, -0.15) is 0 Å². The SMILES string of the molecule is O=C(CC1CC2CCC(C1)N2)NCc1ccc(F)cc1. The summed E-state index contributed by atoms with van der Waals surface area (Å²) in [7, 11) is 0. The van der Waals surface area contributed by atoms with Crippen molar-refractivity contribution in [1.29, 1.82) is 0 Å². The number of fused-ring (bicyclic) bond motifs is 2. The predicted molar refractivity (Wildman–Crippen MR) is 75.5 cm³/mol. The molecule has 0 saturated carbocycles. The molecule has 0 spiro atoms. The van der Waals surface area contributed by atoms with Gasteiger partial charge in [0.15, 0.2) is 0 Å². The van der Waals surface area contributed by atoms with E-state index in [2.05, 4.69) is 10.6 Å². The number of nitrogens with one attached hydrogen (secondary N) is 2. The standard InChI is InChI=1S/C16H21FN2O/c17-13-3-1-11(2-4-13)10-18-16(20)9-12-7-14-5-6-15(8-12)19-14/h1-4,12,14-15,19H,5-10H2,(H,18,20). The quantitative estimate of drug-likeness (QED) is 0.886. The first-order valence-electron chi connectivity index (χ1n) is 7.46. The smallest absolute Gasteiger partial charge is 0.220 e. The summed E-state index contributed by atoms with van der Waals surface area (Å²) in [5.41, 5.74) is 0.935. The van der Waals surface area contributed by atoms with E-state index in [1.54, 1.807) is 12.1 Å². The van der Waals surface area contributed by atoms with Gasteiger partial charge in [0.05, 0.1) is 0 Å². The van der Waals surface area contributed by atoms with Gasteiger partial charge < -0.3 is 10.6 Å². The number of carbonyl (C=O) groups is 1. The van der Waals surface area contributed by atoms with Crippen LogP contribution >= 0.6 is 0 Å². The van der Waals surface area contributed by atoms with Crippen LogP contribution in [-0.4, -0.2) is 18.0 Å². The van der Waals surface area contributed by atoms with Crippen molar-refractivity contribution in [2.75, 3.05) is 0 Å². The van der Waals surface area contributed by atoms with Gasteiger partial charge in [-0.15, -0.1) is 0 Å². The van der Waals surface area contributed by atoms with Gasteiger partial charge in [-0.25, -0.2) is 4.39 Å². The van der Waals surface area contributed by atoms with E-state index in [0.29, 0.717) is 31.0 Å². The molecule has 2 saturated heterocycles. The van der Waals surface area contributed by atoms with Crippen molar-refractivity contribution >= 4 is 5.91 Å². The first kappa shape index (κ1) is 13.6. The van der Waals surface area contributed by atoms with Crippen LogP contribution < -0.4 is 10.6 Å². The number of amides is 1. The van der Waals surface area contributed by atoms with Crippen molar-refractivity contribution in [1.82, 2.24) is 10.6 Å². The van der Waals surface area contributed by atoms with E-state index in [0.717, 1.165) is 18.4 Å². The largest absolute Gasteiger partial charge is 0.352 e. The summed E-state index contributed by atoms with van der Waals surface area (Å²) in [6, 6.07) is 7.52. The van der Waals surface area contributed by atoms with Crippen LogP contribution in [0.3, 0.4) is 0 Å². The highest BCUT2D eigenvalue weighted by molar-refractivity contribution is 5.76. The molecule has 0 aliphatic carbocycles. The first-order valence-corrected chi connectivity index (χ1v) is 7.46. The topological polar surface area (TPSA) is 41.1 Å². The van der Waals surface area contributed by atoms with Gasteiger partial charge >= 0.3 is 0 Å². The Kier molecular flexibility index (Phi) is 4.01. The zero-order valence-electron chi connectivity index (χ0n) is 11.6. The van der Waals surface area contributed by atoms with Crippen LogP contribution in [0, 0.1) is 11.7 Å². The van der Waals surface area contributed by atoms with Crippen LogP contribution in [-0.2, 0) is 11.3 Å². The summed E-state index contributed by atoms with van der Waals surface area (Å²) in [5, 5.41) is 6.52. The number of benzene rings is 1. The third kappa shape index (κ3) is 3.37. The number of piperidine rings is 1. The molecule has 3 rings (SSSR count). The highest BCUT2D eigenvalue weighted by Gasteiger charge is 2.33. The lowest BCUT2D eigenvalue weighted by atomic mass is 9.89. The van der Waals surface area contributed by atoms with Crippen LogP contribution in [0.15, 0.2) is 24.3 Å². The molecule has 1 aromatic rings. The molecule has 108 valence electrons. The molecular weight excluding hydrogens is 255 g/mol. The average molecular weight is 276 g/mol. The third-order valence-electron chi connectivity index (χ3n) is 4.45. The van der Waals surface area contributed by atoms with Gasteiger partial charge in [0, 0.05) is 25.0 Å². The lowest BCUT2D eigenvalue weighted by Gasteiger charge is -2.28. The van der Waals surface area contributed by atoms with Gasteiger partial charge in [-0.05, 0) is 49.3 Å². The summed E-state index contributed by atoms with van der Waals surface area (Å²) in [5.74, 6) is 0.382. The molecule has 2 atom stereocenters. The second-order valence-electron chi connectivity index (χ2n) is 6.08. The van der Waals surface area contributed by atoms with Crippen molar-refractivity contribution in [2.24, 2.45) is 5.92 Å². The summed E-state index contributed by atoms with van der Waals surface area (Å²) in [6.07, 6.45) is 5.40. The normalized spacial score (nSPS) is 28.4. The number of hydrogen-bond donors (Lipinski definition) is 2. The highest BCUT2D eigenvalue weighted by atomic mass is 19.1. The molecule has 1 amide bonds. The fourth-order valence-corrected chi connectivity index (χ4v) is 3.48. The molecule has 20 heavy (non-hydrogen) atoms. The predicted octanol–water partition coefficient (Wildman–Crippen LogP) is 2.36. The Bertz CT molecular complexity index is 462. The van der Waals surface area contributed by atoms with E-state index in [9.17, 15) is 9.18 Å². The summed E-state index contributed by atoms with van der Waals surface area (Å²) in [4.78, 5) is 12.0. The molecule has 1 aromatic carbocycles. The minimum Gasteiger partial charge on any atom is -0.352 e. The summed E-state index contributed by atoms with van der Waals surface area (Å²) < 4.78 is 12.8. The molecule has 2 fully saturated rings.